The van der Waals surface area contributed by atoms with Crippen molar-refractivity contribution in [2.75, 3.05) is 6.54 Å². The molecule has 1 aliphatic heterocycles. The van der Waals surface area contributed by atoms with Crippen molar-refractivity contribution in [3.8, 4) is 0 Å². The molecule has 0 amide bonds. The largest absolute Gasteiger partial charge is 0.480 e. The minimum absolute atomic E-state index is 0.385. The standard InChI is InChI=1S/C12H15NO2/c1-7-3-4-9-8(2)6-13-11(12(14)15)10(9)5-7/h3-5,8,11,13H,6H2,1-2H3,(H,14,15)/t8-,11+/m0/s1. The highest BCUT2D eigenvalue weighted by Gasteiger charge is 2.28. The Morgan fingerprint density at radius 1 is 1.47 bits per heavy atom. The van der Waals surface area contributed by atoms with E-state index in [9.17, 15) is 4.79 Å². The fraction of sp³-hybridized carbons (Fsp3) is 0.417. The van der Waals surface area contributed by atoms with Gasteiger partial charge in [-0.1, -0.05) is 30.7 Å². The fourth-order valence-electron chi connectivity index (χ4n) is 2.13. The summed E-state index contributed by atoms with van der Waals surface area (Å²) in [5.41, 5.74) is 3.18. The quantitative estimate of drug-likeness (QED) is 0.735. The molecule has 1 aliphatic rings. The summed E-state index contributed by atoms with van der Waals surface area (Å²) in [6, 6.07) is 5.51. The summed E-state index contributed by atoms with van der Waals surface area (Å²) < 4.78 is 0. The van der Waals surface area contributed by atoms with E-state index in [4.69, 9.17) is 5.11 Å². The molecule has 0 aliphatic carbocycles. The number of carboxylic acid groups (broad SMARTS) is 1. The van der Waals surface area contributed by atoms with Crippen LogP contribution in [-0.4, -0.2) is 17.6 Å². The van der Waals surface area contributed by atoms with E-state index in [0.717, 1.165) is 23.2 Å². The lowest BCUT2D eigenvalue weighted by Gasteiger charge is -2.28. The summed E-state index contributed by atoms with van der Waals surface area (Å²) in [4.78, 5) is 11.1. The van der Waals surface area contributed by atoms with Crippen LogP contribution in [0.4, 0.5) is 0 Å². The number of nitrogens with one attached hydrogen (secondary N) is 1. The topological polar surface area (TPSA) is 49.3 Å². The van der Waals surface area contributed by atoms with E-state index >= 15 is 0 Å². The van der Waals surface area contributed by atoms with Crippen LogP contribution >= 0.6 is 0 Å². The van der Waals surface area contributed by atoms with Crippen molar-refractivity contribution >= 4 is 5.97 Å². The SMILES string of the molecule is Cc1ccc2c(c1)[C@H](C(=O)O)NC[C@@H]2C. The van der Waals surface area contributed by atoms with Crippen LogP contribution in [0.5, 0.6) is 0 Å². The van der Waals surface area contributed by atoms with Crippen molar-refractivity contribution in [2.24, 2.45) is 0 Å². The van der Waals surface area contributed by atoms with Gasteiger partial charge in [-0.15, -0.1) is 0 Å². The molecule has 3 nitrogen and oxygen atoms in total. The molecule has 1 aromatic rings. The van der Waals surface area contributed by atoms with E-state index in [2.05, 4.69) is 12.2 Å². The van der Waals surface area contributed by atoms with Crippen molar-refractivity contribution in [1.29, 1.82) is 0 Å². The number of benzene rings is 1. The van der Waals surface area contributed by atoms with Crippen molar-refractivity contribution in [3.63, 3.8) is 0 Å². The zero-order valence-electron chi connectivity index (χ0n) is 8.95. The number of carbonyl (C=O) groups is 1. The third kappa shape index (κ3) is 1.75. The molecule has 80 valence electrons. The molecule has 0 bridgehead atoms. The number of hydrogen-bond acceptors (Lipinski definition) is 2. The van der Waals surface area contributed by atoms with Crippen molar-refractivity contribution in [1.82, 2.24) is 5.32 Å². The molecule has 0 saturated carbocycles. The minimum Gasteiger partial charge on any atom is -0.480 e. The van der Waals surface area contributed by atoms with Gasteiger partial charge in [0.1, 0.15) is 6.04 Å². The van der Waals surface area contributed by atoms with Crippen LogP contribution < -0.4 is 5.32 Å². The normalized spacial score (nSPS) is 24.7. The first-order chi connectivity index (χ1) is 7.09. The molecule has 2 rings (SSSR count). The van der Waals surface area contributed by atoms with Gasteiger partial charge in [-0.3, -0.25) is 4.79 Å². The van der Waals surface area contributed by atoms with Gasteiger partial charge in [0.15, 0.2) is 0 Å². The average Bonchev–Trinajstić information content (AvgIpc) is 2.17. The van der Waals surface area contributed by atoms with Crippen LogP contribution in [0.1, 0.15) is 35.6 Å². The van der Waals surface area contributed by atoms with Crippen LogP contribution in [0, 0.1) is 6.92 Å². The third-order valence-corrected chi connectivity index (χ3v) is 2.96. The fourth-order valence-corrected chi connectivity index (χ4v) is 2.13. The molecule has 15 heavy (non-hydrogen) atoms. The van der Waals surface area contributed by atoms with Gasteiger partial charge < -0.3 is 10.4 Å². The lowest BCUT2D eigenvalue weighted by Crippen LogP contribution is -2.36. The molecular formula is C12H15NO2. The molecule has 1 heterocycles. The Bertz CT molecular complexity index is 401. The van der Waals surface area contributed by atoms with Crippen molar-refractivity contribution in [3.05, 3.63) is 34.9 Å². The Balaban J connectivity index is 2.51. The van der Waals surface area contributed by atoms with Crippen LogP contribution in [0.2, 0.25) is 0 Å². The van der Waals surface area contributed by atoms with Gasteiger partial charge in [-0.25, -0.2) is 0 Å². The summed E-state index contributed by atoms with van der Waals surface area (Å²) in [5.74, 6) is -0.412. The minimum atomic E-state index is -0.797. The van der Waals surface area contributed by atoms with E-state index in [1.165, 1.54) is 0 Å². The smallest absolute Gasteiger partial charge is 0.325 e. The maximum atomic E-state index is 11.1. The molecule has 0 radical (unpaired) electrons. The van der Waals surface area contributed by atoms with Gasteiger partial charge >= 0.3 is 5.97 Å². The zero-order valence-corrected chi connectivity index (χ0v) is 8.95. The van der Waals surface area contributed by atoms with Crippen molar-refractivity contribution < 1.29 is 9.90 Å². The number of carboxylic acids is 1. The molecular weight excluding hydrogens is 190 g/mol. The summed E-state index contributed by atoms with van der Waals surface area (Å²) in [5, 5.41) is 12.2. The number of rotatable bonds is 1. The second-order valence-electron chi connectivity index (χ2n) is 4.21. The van der Waals surface area contributed by atoms with Gasteiger partial charge in [0.2, 0.25) is 0 Å². The van der Waals surface area contributed by atoms with E-state index in [1.54, 1.807) is 0 Å². The number of aliphatic carboxylic acids is 1. The molecule has 0 fully saturated rings. The first-order valence-electron chi connectivity index (χ1n) is 5.16. The molecule has 0 unspecified atom stereocenters. The predicted molar refractivity (Wildman–Crippen MR) is 58.0 cm³/mol. The second-order valence-corrected chi connectivity index (χ2v) is 4.21. The maximum Gasteiger partial charge on any atom is 0.325 e. The predicted octanol–water partition coefficient (Wildman–Crippen LogP) is 1.83. The highest BCUT2D eigenvalue weighted by atomic mass is 16.4. The number of aryl methyl sites for hydroxylation is 1. The molecule has 0 saturated heterocycles. The summed E-state index contributed by atoms with van der Waals surface area (Å²) in [6.07, 6.45) is 0. The second kappa shape index (κ2) is 3.66. The Morgan fingerprint density at radius 2 is 2.20 bits per heavy atom. The number of fused-ring (bicyclic) bond motifs is 1. The monoisotopic (exact) mass is 205 g/mol. The van der Waals surface area contributed by atoms with Crippen LogP contribution in [0.25, 0.3) is 0 Å². The molecule has 0 aromatic heterocycles. The lowest BCUT2D eigenvalue weighted by atomic mass is 9.87. The number of hydrogen-bond donors (Lipinski definition) is 2. The van der Waals surface area contributed by atoms with Gasteiger partial charge in [0.05, 0.1) is 0 Å². The van der Waals surface area contributed by atoms with E-state index < -0.39 is 12.0 Å². The first-order valence-corrected chi connectivity index (χ1v) is 5.16. The first kappa shape index (κ1) is 10.2. The molecule has 2 N–H and O–H groups in total. The molecule has 2 atom stereocenters. The van der Waals surface area contributed by atoms with Crippen LogP contribution in [0.3, 0.4) is 0 Å². The summed E-state index contributed by atoms with van der Waals surface area (Å²) in [6.45, 7) is 4.82. The Hall–Kier alpha value is -1.35. The van der Waals surface area contributed by atoms with Gasteiger partial charge in [-0.2, -0.15) is 0 Å². The molecule has 1 aromatic carbocycles. The summed E-state index contributed by atoms with van der Waals surface area (Å²) in [7, 11) is 0. The third-order valence-electron chi connectivity index (χ3n) is 2.96. The lowest BCUT2D eigenvalue weighted by molar-refractivity contribution is -0.139. The van der Waals surface area contributed by atoms with Crippen molar-refractivity contribution in [2.45, 2.75) is 25.8 Å². The van der Waals surface area contributed by atoms with E-state index in [0.29, 0.717) is 5.92 Å². The van der Waals surface area contributed by atoms with Gasteiger partial charge in [0.25, 0.3) is 0 Å². The van der Waals surface area contributed by atoms with E-state index in [-0.39, 0.29) is 0 Å². The zero-order chi connectivity index (χ0) is 11.0. The highest BCUT2D eigenvalue weighted by Crippen LogP contribution is 2.30. The Kier molecular flexibility index (Phi) is 2.49. The molecule has 3 heteroatoms. The Labute approximate surface area is 89.1 Å². The molecule has 0 spiro atoms. The highest BCUT2D eigenvalue weighted by molar-refractivity contribution is 5.76. The van der Waals surface area contributed by atoms with Crippen LogP contribution in [0.15, 0.2) is 18.2 Å². The van der Waals surface area contributed by atoms with E-state index in [1.807, 2.05) is 25.1 Å². The van der Waals surface area contributed by atoms with Gasteiger partial charge in [-0.05, 0) is 24.0 Å². The van der Waals surface area contributed by atoms with Gasteiger partial charge in [0, 0.05) is 6.54 Å². The maximum absolute atomic E-state index is 11.1. The average molecular weight is 205 g/mol. The Morgan fingerprint density at radius 3 is 2.87 bits per heavy atom. The summed E-state index contributed by atoms with van der Waals surface area (Å²) >= 11 is 0. The van der Waals surface area contributed by atoms with Crippen LogP contribution in [-0.2, 0) is 4.79 Å².